The van der Waals surface area contributed by atoms with Gasteiger partial charge in [0.2, 0.25) is 0 Å². The topological polar surface area (TPSA) is 0 Å². The van der Waals surface area contributed by atoms with E-state index in [1.54, 1.807) is 0 Å². The maximum Gasteiger partial charge on any atom is -0.0174 e. The zero-order valence-electron chi connectivity index (χ0n) is 8.88. The zero-order valence-corrected chi connectivity index (χ0v) is 8.88. The van der Waals surface area contributed by atoms with Crippen molar-refractivity contribution >= 4 is 0 Å². The van der Waals surface area contributed by atoms with E-state index in [9.17, 15) is 0 Å². The number of hydrogen-bond acceptors (Lipinski definition) is 0. The highest BCUT2D eigenvalue weighted by Crippen LogP contribution is 2.46. The molecule has 70 valence electrons. The van der Waals surface area contributed by atoms with Crippen molar-refractivity contribution in [3.05, 3.63) is 12.2 Å². The van der Waals surface area contributed by atoms with E-state index >= 15 is 0 Å². The highest BCUT2D eigenvalue weighted by molar-refractivity contribution is 5.07. The smallest absolute Gasteiger partial charge is 0.0174 e. The SMILES string of the molecule is CC.CC1CC(C)C2CC=CC12. The van der Waals surface area contributed by atoms with Crippen LogP contribution in [0.3, 0.4) is 0 Å². The molecule has 12 heavy (non-hydrogen) atoms. The van der Waals surface area contributed by atoms with Crippen molar-refractivity contribution in [3.8, 4) is 0 Å². The minimum atomic E-state index is 0.940. The Hall–Kier alpha value is -0.260. The average Bonchev–Trinajstić information content (AvgIpc) is 2.62. The molecule has 0 amide bonds. The van der Waals surface area contributed by atoms with Gasteiger partial charge in [0.1, 0.15) is 0 Å². The summed E-state index contributed by atoms with van der Waals surface area (Å²) in [7, 11) is 0. The fourth-order valence-corrected chi connectivity index (χ4v) is 2.83. The van der Waals surface area contributed by atoms with E-state index in [0.29, 0.717) is 0 Å². The molecule has 0 saturated heterocycles. The summed E-state index contributed by atoms with van der Waals surface area (Å²) in [5.41, 5.74) is 0. The molecule has 0 heterocycles. The lowest BCUT2D eigenvalue weighted by Crippen LogP contribution is -2.07. The van der Waals surface area contributed by atoms with Crippen molar-refractivity contribution in [3.63, 3.8) is 0 Å². The Morgan fingerprint density at radius 3 is 2.33 bits per heavy atom. The van der Waals surface area contributed by atoms with E-state index in [2.05, 4.69) is 26.0 Å². The lowest BCUT2D eigenvalue weighted by Gasteiger charge is -2.13. The molecule has 2 aliphatic rings. The van der Waals surface area contributed by atoms with Crippen molar-refractivity contribution in [2.24, 2.45) is 23.7 Å². The van der Waals surface area contributed by atoms with Crippen LogP contribution in [0.5, 0.6) is 0 Å². The van der Waals surface area contributed by atoms with Crippen LogP contribution in [-0.2, 0) is 0 Å². The van der Waals surface area contributed by atoms with Crippen molar-refractivity contribution in [2.45, 2.75) is 40.5 Å². The van der Waals surface area contributed by atoms with Crippen LogP contribution in [0.4, 0.5) is 0 Å². The molecule has 1 fully saturated rings. The maximum absolute atomic E-state index is 2.44. The van der Waals surface area contributed by atoms with Crippen LogP contribution in [0.1, 0.15) is 40.5 Å². The first-order chi connectivity index (χ1) is 5.79. The summed E-state index contributed by atoms with van der Waals surface area (Å²) < 4.78 is 0. The summed E-state index contributed by atoms with van der Waals surface area (Å²) in [5.74, 6) is 3.89. The van der Waals surface area contributed by atoms with E-state index in [4.69, 9.17) is 0 Å². The second kappa shape index (κ2) is 4.11. The summed E-state index contributed by atoms with van der Waals surface area (Å²) >= 11 is 0. The molecule has 0 nitrogen and oxygen atoms in total. The van der Waals surface area contributed by atoms with E-state index < -0.39 is 0 Å². The van der Waals surface area contributed by atoms with Crippen molar-refractivity contribution < 1.29 is 0 Å². The zero-order chi connectivity index (χ0) is 9.14. The number of hydrogen-bond donors (Lipinski definition) is 0. The molecule has 2 rings (SSSR count). The maximum atomic E-state index is 2.44. The van der Waals surface area contributed by atoms with Crippen LogP contribution in [0.2, 0.25) is 0 Å². The van der Waals surface area contributed by atoms with Gasteiger partial charge in [-0.2, -0.15) is 0 Å². The van der Waals surface area contributed by atoms with Crippen molar-refractivity contribution in [1.29, 1.82) is 0 Å². The normalized spacial score (nSPS) is 43.7. The van der Waals surface area contributed by atoms with Crippen LogP contribution < -0.4 is 0 Å². The molecule has 4 unspecified atom stereocenters. The van der Waals surface area contributed by atoms with Gasteiger partial charge < -0.3 is 0 Å². The summed E-state index contributed by atoms with van der Waals surface area (Å²) in [4.78, 5) is 0. The molecular formula is C12H22. The molecule has 4 atom stereocenters. The van der Waals surface area contributed by atoms with Gasteiger partial charge in [-0.3, -0.25) is 0 Å². The first-order valence-corrected chi connectivity index (χ1v) is 5.45. The Labute approximate surface area is 77.1 Å². The fraction of sp³-hybridized carbons (Fsp3) is 0.833. The monoisotopic (exact) mass is 166 g/mol. The quantitative estimate of drug-likeness (QED) is 0.479. The van der Waals surface area contributed by atoms with Crippen LogP contribution >= 0.6 is 0 Å². The molecule has 0 aromatic heterocycles. The van der Waals surface area contributed by atoms with E-state index in [1.165, 1.54) is 12.8 Å². The minimum Gasteiger partial charge on any atom is -0.0879 e. The molecule has 0 aromatic rings. The van der Waals surface area contributed by atoms with E-state index in [-0.39, 0.29) is 0 Å². The Morgan fingerprint density at radius 1 is 1.08 bits per heavy atom. The van der Waals surface area contributed by atoms with Crippen molar-refractivity contribution in [2.75, 3.05) is 0 Å². The first-order valence-electron chi connectivity index (χ1n) is 5.45. The van der Waals surface area contributed by atoms with Gasteiger partial charge >= 0.3 is 0 Å². The van der Waals surface area contributed by atoms with Crippen LogP contribution in [0.15, 0.2) is 12.2 Å². The van der Waals surface area contributed by atoms with Gasteiger partial charge in [0.15, 0.2) is 0 Å². The Morgan fingerprint density at radius 2 is 1.75 bits per heavy atom. The van der Waals surface area contributed by atoms with E-state index in [0.717, 1.165) is 23.7 Å². The predicted octanol–water partition coefficient (Wildman–Crippen LogP) is 3.88. The molecule has 0 bridgehead atoms. The fourth-order valence-electron chi connectivity index (χ4n) is 2.83. The molecule has 0 aromatic carbocycles. The first kappa shape index (κ1) is 9.83. The minimum absolute atomic E-state index is 0.940. The number of rotatable bonds is 0. The molecule has 0 radical (unpaired) electrons. The van der Waals surface area contributed by atoms with E-state index in [1.807, 2.05) is 13.8 Å². The molecule has 2 aliphatic carbocycles. The summed E-state index contributed by atoms with van der Waals surface area (Å²) in [6, 6.07) is 0. The Bertz CT molecular complexity index is 157. The van der Waals surface area contributed by atoms with Gasteiger partial charge in [-0.25, -0.2) is 0 Å². The second-order valence-corrected chi connectivity index (χ2v) is 4.10. The molecule has 0 spiro atoms. The van der Waals surface area contributed by atoms with Crippen LogP contribution in [0.25, 0.3) is 0 Å². The van der Waals surface area contributed by atoms with Gasteiger partial charge in [-0.05, 0) is 36.5 Å². The summed E-state index contributed by atoms with van der Waals surface area (Å²) in [6.45, 7) is 8.81. The van der Waals surface area contributed by atoms with Gasteiger partial charge in [0.05, 0.1) is 0 Å². The Kier molecular flexibility index (Phi) is 3.37. The van der Waals surface area contributed by atoms with Gasteiger partial charge in [-0.1, -0.05) is 39.8 Å². The number of fused-ring (bicyclic) bond motifs is 1. The van der Waals surface area contributed by atoms with Crippen molar-refractivity contribution in [1.82, 2.24) is 0 Å². The highest BCUT2D eigenvalue weighted by Gasteiger charge is 2.38. The van der Waals surface area contributed by atoms with Gasteiger partial charge in [0.25, 0.3) is 0 Å². The molecule has 0 heteroatoms. The van der Waals surface area contributed by atoms with Gasteiger partial charge in [0, 0.05) is 0 Å². The summed E-state index contributed by atoms with van der Waals surface area (Å²) in [5, 5.41) is 0. The second-order valence-electron chi connectivity index (χ2n) is 4.10. The highest BCUT2D eigenvalue weighted by atomic mass is 14.4. The number of allylic oxidation sites excluding steroid dienone is 2. The third kappa shape index (κ3) is 1.57. The van der Waals surface area contributed by atoms with Gasteiger partial charge in [-0.15, -0.1) is 0 Å². The standard InChI is InChI=1S/C10H16.C2H6/c1-7-6-8(2)10-5-3-4-9(7)10;1-2/h3-4,7-10H,5-6H2,1-2H3;1-2H3. The lowest BCUT2D eigenvalue weighted by atomic mass is 9.91. The van der Waals surface area contributed by atoms with Crippen LogP contribution in [0, 0.1) is 23.7 Å². The Balaban J connectivity index is 0.000000336. The molecule has 0 aliphatic heterocycles. The molecule has 1 saturated carbocycles. The van der Waals surface area contributed by atoms with Crippen LogP contribution in [-0.4, -0.2) is 0 Å². The predicted molar refractivity (Wildman–Crippen MR) is 55.0 cm³/mol. The molecular weight excluding hydrogens is 144 g/mol. The largest absolute Gasteiger partial charge is 0.0879 e. The third-order valence-corrected chi connectivity index (χ3v) is 3.39. The third-order valence-electron chi connectivity index (χ3n) is 3.39. The molecule has 0 N–H and O–H groups in total. The lowest BCUT2D eigenvalue weighted by molar-refractivity contribution is 0.382. The summed E-state index contributed by atoms with van der Waals surface area (Å²) in [6.07, 6.45) is 7.64. The average molecular weight is 166 g/mol.